The van der Waals surface area contributed by atoms with Gasteiger partial charge in [-0.05, 0) is 6.07 Å². The number of phenols is 2. The third-order valence-electron chi connectivity index (χ3n) is 1.76. The number of nitrogens with two attached hydrogens (primary N) is 1. The van der Waals surface area contributed by atoms with E-state index < -0.39 is 0 Å². The third-order valence-corrected chi connectivity index (χ3v) is 1.76. The van der Waals surface area contributed by atoms with Crippen LogP contribution in [-0.2, 0) is 4.74 Å². The first-order valence-electron chi connectivity index (χ1n) is 3.91. The van der Waals surface area contributed by atoms with Crippen molar-refractivity contribution < 1.29 is 14.9 Å². The molecule has 4 N–H and O–H groups in total. The van der Waals surface area contributed by atoms with Crippen molar-refractivity contribution in [2.45, 2.75) is 6.04 Å². The van der Waals surface area contributed by atoms with Gasteiger partial charge in [-0.2, -0.15) is 0 Å². The molecule has 0 heterocycles. The smallest absolute Gasteiger partial charge is 0.124 e. The molecule has 4 nitrogen and oxygen atoms in total. The van der Waals surface area contributed by atoms with E-state index in [1.807, 2.05) is 0 Å². The number of hydrogen-bond acceptors (Lipinski definition) is 4. The molecule has 0 saturated heterocycles. The van der Waals surface area contributed by atoms with Crippen molar-refractivity contribution in [3.63, 3.8) is 0 Å². The average Bonchev–Trinajstić information content (AvgIpc) is 2.04. The Morgan fingerprint density at radius 1 is 1.46 bits per heavy atom. The molecule has 0 aliphatic heterocycles. The highest BCUT2D eigenvalue weighted by Crippen LogP contribution is 2.26. The summed E-state index contributed by atoms with van der Waals surface area (Å²) < 4.78 is 4.84. The van der Waals surface area contributed by atoms with E-state index in [2.05, 4.69) is 0 Å². The first kappa shape index (κ1) is 9.83. The van der Waals surface area contributed by atoms with E-state index in [0.29, 0.717) is 12.2 Å². The van der Waals surface area contributed by atoms with Gasteiger partial charge < -0.3 is 20.7 Å². The van der Waals surface area contributed by atoms with Crippen LogP contribution in [0.2, 0.25) is 0 Å². The molecule has 4 heteroatoms. The summed E-state index contributed by atoms with van der Waals surface area (Å²) >= 11 is 0. The van der Waals surface area contributed by atoms with Crippen LogP contribution in [0.4, 0.5) is 0 Å². The zero-order chi connectivity index (χ0) is 9.84. The normalized spacial score (nSPS) is 12.8. The second kappa shape index (κ2) is 4.11. The summed E-state index contributed by atoms with van der Waals surface area (Å²) in [6, 6.07) is 3.94. The molecule has 0 aliphatic carbocycles. The number of rotatable bonds is 3. The van der Waals surface area contributed by atoms with Gasteiger partial charge in [0.05, 0.1) is 12.6 Å². The van der Waals surface area contributed by atoms with E-state index in [4.69, 9.17) is 15.6 Å². The van der Waals surface area contributed by atoms with Gasteiger partial charge in [0.1, 0.15) is 11.5 Å². The lowest BCUT2D eigenvalue weighted by atomic mass is 10.1. The predicted octanol–water partition coefficient (Wildman–Crippen LogP) is 0.744. The van der Waals surface area contributed by atoms with Gasteiger partial charge in [0, 0.05) is 18.7 Å². The lowest BCUT2D eigenvalue weighted by Crippen LogP contribution is -2.15. The molecule has 0 aliphatic rings. The molecule has 0 bridgehead atoms. The Kier molecular flexibility index (Phi) is 3.11. The number of hydrogen-bond donors (Lipinski definition) is 3. The molecule has 0 aromatic heterocycles. The topological polar surface area (TPSA) is 75.7 Å². The molecular weight excluding hydrogens is 170 g/mol. The summed E-state index contributed by atoms with van der Waals surface area (Å²) in [4.78, 5) is 0. The maximum atomic E-state index is 9.39. The highest BCUT2D eigenvalue weighted by atomic mass is 16.5. The van der Waals surface area contributed by atoms with Crippen molar-refractivity contribution in [1.82, 2.24) is 0 Å². The predicted molar refractivity (Wildman–Crippen MR) is 48.6 cm³/mol. The summed E-state index contributed by atoms with van der Waals surface area (Å²) in [7, 11) is 1.54. The van der Waals surface area contributed by atoms with Crippen molar-refractivity contribution >= 4 is 0 Å². The quantitative estimate of drug-likeness (QED) is 0.646. The van der Waals surface area contributed by atoms with Gasteiger partial charge in [0.15, 0.2) is 0 Å². The van der Waals surface area contributed by atoms with Crippen molar-refractivity contribution in [2.75, 3.05) is 13.7 Å². The van der Waals surface area contributed by atoms with E-state index in [1.54, 1.807) is 6.07 Å². The fraction of sp³-hybridized carbons (Fsp3) is 0.333. The molecule has 72 valence electrons. The molecule has 0 radical (unpaired) electrons. The maximum absolute atomic E-state index is 9.39. The summed E-state index contributed by atoms with van der Waals surface area (Å²) in [5, 5.41) is 18.4. The number of benzene rings is 1. The van der Waals surface area contributed by atoms with E-state index in [-0.39, 0.29) is 17.5 Å². The Morgan fingerprint density at radius 2 is 2.15 bits per heavy atom. The molecule has 1 atom stereocenters. The van der Waals surface area contributed by atoms with Gasteiger partial charge >= 0.3 is 0 Å². The lowest BCUT2D eigenvalue weighted by Gasteiger charge is -2.12. The van der Waals surface area contributed by atoms with E-state index >= 15 is 0 Å². The minimum absolute atomic E-state index is 0.00968. The molecule has 0 saturated carbocycles. The molecule has 0 unspecified atom stereocenters. The van der Waals surface area contributed by atoms with Crippen LogP contribution in [0.15, 0.2) is 18.2 Å². The Balaban J connectivity index is 2.88. The van der Waals surface area contributed by atoms with Gasteiger partial charge in [-0.15, -0.1) is 0 Å². The van der Waals surface area contributed by atoms with Crippen LogP contribution >= 0.6 is 0 Å². The van der Waals surface area contributed by atoms with E-state index in [0.717, 1.165) is 0 Å². The van der Waals surface area contributed by atoms with E-state index in [9.17, 15) is 5.11 Å². The lowest BCUT2D eigenvalue weighted by molar-refractivity contribution is 0.180. The van der Waals surface area contributed by atoms with Crippen LogP contribution in [0, 0.1) is 0 Å². The second-order valence-electron chi connectivity index (χ2n) is 2.80. The zero-order valence-electron chi connectivity index (χ0n) is 7.40. The number of phenolic OH excluding ortho intramolecular Hbond substituents is 2. The Bertz CT molecular complexity index is 288. The summed E-state index contributed by atoms with van der Waals surface area (Å²) in [5.41, 5.74) is 6.26. The number of methoxy groups -OCH3 is 1. The van der Waals surface area contributed by atoms with Crippen molar-refractivity contribution in [2.24, 2.45) is 5.73 Å². The van der Waals surface area contributed by atoms with E-state index in [1.165, 1.54) is 19.2 Å². The SMILES string of the molecule is COC[C@H](N)c1ccc(O)cc1O. The minimum Gasteiger partial charge on any atom is -0.508 e. The summed E-state index contributed by atoms with van der Waals surface area (Å²) in [5.74, 6) is 0.00965. The monoisotopic (exact) mass is 183 g/mol. The molecule has 1 aromatic rings. The first-order chi connectivity index (χ1) is 6.15. The van der Waals surface area contributed by atoms with Gasteiger partial charge in [-0.3, -0.25) is 0 Å². The van der Waals surface area contributed by atoms with Crippen LogP contribution in [0.1, 0.15) is 11.6 Å². The Hall–Kier alpha value is -1.26. The van der Waals surface area contributed by atoms with Gasteiger partial charge in [-0.1, -0.05) is 6.07 Å². The standard InChI is InChI=1S/C9H13NO3/c1-13-5-8(10)7-3-2-6(11)4-9(7)12/h2-4,8,11-12H,5,10H2,1H3/t8-/m0/s1. The second-order valence-corrected chi connectivity index (χ2v) is 2.80. The molecule has 0 spiro atoms. The molecule has 1 rings (SSSR count). The third kappa shape index (κ3) is 2.34. The molecule has 1 aromatic carbocycles. The largest absolute Gasteiger partial charge is 0.508 e. The molecule has 0 fully saturated rings. The Labute approximate surface area is 76.6 Å². The van der Waals surface area contributed by atoms with Crippen LogP contribution < -0.4 is 5.73 Å². The van der Waals surface area contributed by atoms with Crippen LogP contribution in [-0.4, -0.2) is 23.9 Å². The van der Waals surface area contributed by atoms with Gasteiger partial charge in [0.2, 0.25) is 0 Å². The molecular formula is C9H13NO3. The minimum atomic E-state index is -0.370. The van der Waals surface area contributed by atoms with Crippen molar-refractivity contribution in [1.29, 1.82) is 0 Å². The fourth-order valence-electron chi connectivity index (χ4n) is 1.11. The molecule has 0 amide bonds. The number of ether oxygens (including phenoxy) is 1. The fourth-order valence-corrected chi connectivity index (χ4v) is 1.11. The highest BCUT2D eigenvalue weighted by Gasteiger charge is 2.10. The van der Waals surface area contributed by atoms with Crippen molar-refractivity contribution in [3.05, 3.63) is 23.8 Å². The first-order valence-corrected chi connectivity index (χ1v) is 3.91. The van der Waals surface area contributed by atoms with Crippen molar-refractivity contribution in [3.8, 4) is 11.5 Å². The average molecular weight is 183 g/mol. The maximum Gasteiger partial charge on any atom is 0.124 e. The molecule has 13 heavy (non-hydrogen) atoms. The van der Waals surface area contributed by atoms with Crippen LogP contribution in [0.25, 0.3) is 0 Å². The van der Waals surface area contributed by atoms with Gasteiger partial charge in [0.25, 0.3) is 0 Å². The zero-order valence-corrected chi connectivity index (χ0v) is 7.40. The van der Waals surface area contributed by atoms with Crippen LogP contribution in [0.3, 0.4) is 0 Å². The highest BCUT2D eigenvalue weighted by molar-refractivity contribution is 5.40. The summed E-state index contributed by atoms with van der Waals surface area (Å²) in [6.07, 6.45) is 0. The summed E-state index contributed by atoms with van der Waals surface area (Å²) in [6.45, 7) is 0.332. The van der Waals surface area contributed by atoms with Crippen LogP contribution in [0.5, 0.6) is 11.5 Å². The number of aromatic hydroxyl groups is 2. The van der Waals surface area contributed by atoms with Gasteiger partial charge in [-0.25, -0.2) is 0 Å². The Morgan fingerprint density at radius 3 is 2.69 bits per heavy atom.